The predicted octanol–water partition coefficient (Wildman–Crippen LogP) is 4.93. The molecule has 2 aromatic carbocycles. The Morgan fingerprint density at radius 3 is 2.36 bits per heavy atom. The SMILES string of the molecule is CCN(Cc1ccccc1)Sc1ccc(NC(=O)NCc2ccncc2)cc1. The molecule has 144 valence electrons. The quantitative estimate of drug-likeness (QED) is 0.534. The molecule has 0 bridgehead atoms. The number of carbonyl (C=O) groups excluding carboxylic acids is 1. The molecule has 0 aliphatic carbocycles. The molecule has 0 saturated carbocycles. The van der Waals surface area contributed by atoms with E-state index >= 15 is 0 Å². The van der Waals surface area contributed by atoms with Crippen molar-refractivity contribution < 1.29 is 4.79 Å². The Kier molecular flexibility index (Phi) is 7.46. The van der Waals surface area contributed by atoms with Crippen molar-refractivity contribution in [1.29, 1.82) is 0 Å². The second-order valence-electron chi connectivity index (χ2n) is 6.22. The van der Waals surface area contributed by atoms with Crippen molar-refractivity contribution in [3.63, 3.8) is 0 Å². The van der Waals surface area contributed by atoms with E-state index in [0.717, 1.165) is 29.2 Å². The van der Waals surface area contributed by atoms with Gasteiger partial charge in [0.2, 0.25) is 0 Å². The minimum Gasteiger partial charge on any atom is -0.334 e. The number of urea groups is 1. The van der Waals surface area contributed by atoms with E-state index in [0.29, 0.717) is 6.54 Å². The lowest BCUT2D eigenvalue weighted by molar-refractivity contribution is 0.251. The number of nitrogens with zero attached hydrogens (tertiary/aromatic N) is 2. The number of aromatic nitrogens is 1. The summed E-state index contributed by atoms with van der Waals surface area (Å²) in [5.41, 5.74) is 3.07. The summed E-state index contributed by atoms with van der Waals surface area (Å²) in [6, 6.07) is 21.9. The average molecular weight is 393 g/mol. The minimum atomic E-state index is -0.225. The lowest BCUT2D eigenvalue weighted by Crippen LogP contribution is -2.28. The lowest BCUT2D eigenvalue weighted by atomic mass is 10.2. The zero-order valence-electron chi connectivity index (χ0n) is 15.8. The van der Waals surface area contributed by atoms with Crippen molar-refractivity contribution in [3.05, 3.63) is 90.3 Å². The molecule has 1 aromatic heterocycles. The van der Waals surface area contributed by atoms with Crippen molar-refractivity contribution in [2.24, 2.45) is 0 Å². The van der Waals surface area contributed by atoms with Crippen LogP contribution in [0.2, 0.25) is 0 Å². The number of amides is 2. The number of nitrogens with one attached hydrogen (secondary N) is 2. The van der Waals surface area contributed by atoms with Crippen LogP contribution in [0.15, 0.2) is 84.0 Å². The molecule has 0 fully saturated rings. The van der Waals surface area contributed by atoms with Crippen molar-refractivity contribution in [1.82, 2.24) is 14.6 Å². The number of carbonyl (C=O) groups is 1. The minimum absolute atomic E-state index is 0.225. The predicted molar refractivity (Wildman–Crippen MR) is 115 cm³/mol. The average Bonchev–Trinajstić information content (AvgIpc) is 2.74. The van der Waals surface area contributed by atoms with E-state index in [9.17, 15) is 4.79 Å². The van der Waals surface area contributed by atoms with E-state index in [1.807, 2.05) is 42.5 Å². The Labute approximate surface area is 170 Å². The third-order valence-electron chi connectivity index (χ3n) is 4.10. The first kappa shape index (κ1) is 19.9. The molecule has 0 atom stereocenters. The van der Waals surface area contributed by atoms with Crippen LogP contribution in [0, 0.1) is 0 Å². The molecule has 28 heavy (non-hydrogen) atoms. The van der Waals surface area contributed by atoms with Gasteiger partial charge in [-0.1, -0.05) is 37.3 Å². The highest BCUT2D eigenvalue weighted by Crippen LogP contribution is 2.25. The fourth-order valence-corrected chi connectivity index (χ4v) is 3.50. The van der Waals surface area contributed by atoms with Crippen LogP contribution >= 0.6 is 11.9 Å². The van der Waals surface area contributed by atoms with E-state index in [-0.39, 0.29) is 6.03 Å². The second-order valence-corrected chi connectivity index (χ2v) is 7.39. The highest BCUT2D eigenvalue weighted by Gasteiger charge is 2.07. The second kappa shape index (κ2) is 10.5. The molecule has 0 aliphatic rings. The number of hydrogen-bond acceptors (Lipinski definition) is 4. The van der Waals surface area contributed by atoms with Crippen LogP contribution in [0.4, 0.5) is 10.5 Å². The molecular weight excluding hydrogens is 368 g/mol. The molecule has 2 N–H and O–H groups in total. The highest BCUT2D eigenvalue weighted by molar-refractivity contribution is 7.97. The molecule has 3 aromatic rings. The van der Waals surface area contributed by atoms with Crippen molar-refractivity contribution in [2.45, 2.75) is 24.9 Å². The van der Waals surface area contributed by atoms with Crippen LogP contribution in [-0.2, 0) is 13.1 Å². The molecule has 2 amide bonds. The van der Waals surface area contributed by atoms with E-state index in [4.69, 9.17) is 0 Å². The summed E-state index contributed by atoms with van der Waals surface area (Å²) < 4.78 is 2.30. The molecule has 0 saturated heterocycles. The standard InChI is InChI=1S/C22H24N4OS/c1-2-26(17-19-6-4-3-5-7-19)28-21-10-8-20(9-11-21)25-22(27)24-16-18-12-14-23-15-13-18/h3-15H,2,16-17H2,1H3,(H2,24,25,27). The van der Waals surface area contributed by atoms with Crippen LogP contribution in [0.3, 0.4) is 0 Å². The summed E-state index contributed by atoms with van der Waals surface area (Å²) in [7, 11) is 0. The molecular formula is C22H24N4OS. The van der Waals surface area contributed by atoms with Crippen LogP contribution in [0.5, 0.6) is 0 Å². The van der Waals surface area contributed by atoms with Gasteiger partial charge in [-0.15, -0.1) is 0 Å². The van der Waals surface area contributed by atoms with Gasteiger partial charge in [-0.2, -0.15) is 0 Å². The molecule has 3 rings (SSSR count). The van der Waals surface area contributed by atoms with Crippen molar-refractivity contribution in [3.8, 4) is 0 Å². The number of benzene rings is 2. The van der Waals surface area contributed by atoms with Gasteiger partial charge in [0.25, 0.3) is 0 Å². The largest absolute Gasteiger partial charge is 0.334 e. The zero-order valence-corrected chi connectivity index (χ0v) is 16.7. The first-order valence-corrected chi connectivity index (χ1v) is 10.0. The topological polar surface area (TPSA) is 57.3 Å². The van der Waals surface area contributed by atoms with Crippen LogP contribution in [0.1, 0.15) is 18.1 Å². The zero-order chi connectivity index (χ0) is 19.6. The summed E-state index contributed by atoms with van der Waals surface area (Å²) in [5.74, 6) is 0. The van der Waals surface area contributed by atoms with Crippen molar-refractivity contribution in [2.75, 3.05) is 11.9 Å². The molecule has 0 radical (unpaired) electrons. The van der Waals surface area contributed by atoms with Gasteiger partial charge < -0.3 is 10.6 Å². The van der Waals surface area contributed by atoms with Gasteiger partial charge in [-0.3, -0.25) is 4.98 Å². The first-order chi connectivity index (χ1) is 13.7. The molecule has 5 nitrogen and oxygen atoms in total. The third kappa shape index (κ3) is 6.40. The van der Waals surface area contributed by atoms with Gasteiger partial charge in [0.15, 0.2) is 0 Å². The summed E-state index contributed by atoms with van der Waals surface area (Å²) in [5, 5.41) is 5.70. The summed E-state index contributed by atoms with van der Waals surface area (Å²) in [4.78, 5) is 17.2. The van der Waals surface area contributed by atoms with Crippen LogP contribution in [-0.4, -0.2) is 21.9 Å². The van der Waals surface area contributed by atoms with Gasteiger partial charge in [0.05, 0.1) is 0 Å². The maximum atomic E-state index is 12.0. The Bertz CT molecular complexity index is 857. The van der Waals surface area contributed by atoms with E-state index in [1.165, 1.54) is 5.56 Å². The van der Waals surface area contributed by atoms with Gasteiger partial charge in [-0.25, -0.2) is 9.10 Å². The molecule has 0 unspecified atom stereocenters. The Balaban J connectivity index is 1.49. The summed E-state index contributed by atoms with van der Waals surface area (Å²) in [6.45, 7) is 4.45. The van der Waals surface area contributed by atoms with Gasteiger partial charge >= 0.3 is 6.03 Å². The van der Waals surface area contributed by atoms with Gasteiger partial charge in [-0.05, 0) is 59.5 Å². The number of hydrogen-bond donors (Lipinski definition) is 2. The monoisotopic (exact) mass is 392 g/mol. The third-order valence-corrected chi connectivity index (χ3v) is 5.23. The maximum absolute atomic E-state index is 12.0. The molecule has 0 spiro atoms. The summed E-state index contributed by atoms with van der Waals surface area (Å²) >= 11 is 1.72. The Morgan fingerprint density at radius 2 is 1.68 bits per heavy atom. The normalized spacial score (nSPS) is 10.6. The van der Waals surface area contributed by atoms with Crippen LogP contribution < -0.4 is 10.6 Å². The maximum Gasteiger partial charge on any atom is 0.319 e. The number of anilines is 1. The first-order valence-electron chi connectivity index (χ1n) is 9.23. The van der Waals surface area contributed by atoms with Crippen LogP contribution in [0.25, 0.3) is 0 Å². The van der Waals surface area contributed by atoms with Gasteiger partial charge in [0, 0.05) is 42.6 Å². The Hall–Kier alpha value is -2.83. The Morgan fingerprint density at radius 1 is 0.964 bits per heavy atom. The molecule has 0 aliphatic heterocycles. The molecule has 6 heteroatoms. The number of rotatable bonds is 8. The fraction of sp³-hybridized carbons (Fsp3) is 0.182. The van der Waals surface area contributed by atoms with E-state index < -0.39 is 0 Å². The smallest absolute Gasteiger partial charge is 0.319 e. The lowest BCUT2D eigenvalue weighted by Gasteiger charge is -2.19. The highest BCUT2D eigenvalue weighted by atomic mass is 32.2. The summed E-state index contributed by atoms with van der Waals surface area (Å²) in [6.07, 6.45) is 3.42. The van der Waals surface area contributed by atoms with Crippen molar-refractivity contribution >= 4 is 23.7 Å². The van der Waals surface area contributed by atoms with E-state index in [1.54, 1.807) is 24.3 Å². The fourth-order valence-electron chi connectivity index (χ4n) is 2.60. The van der Waals surface area contributed by atoms with Gasteiger partial charge in [0.1, 0.15) is 0 Å². The van der Waals surface area contributed by atoms with E-state index in [2.05, 4.69) is 51.1 Å². The number of pyridine rings is 1. The molecule has 1 heterocycles.